The van der Waals surface area contributed by atoms with Gasteiger partial charge in [-0.1, -0.05) is 6.07 Å². The Kier molecular flexibility index (Phi) is 6.96. The van der Waals surface area contributed by atoms with Crippen molar-refractivity contribution in [1.82, 2.24) is 19.3 Å². The van der Waals surface area contributed by atoms with E-state index in [9.17, 15) is 4.79 Å². The first-order valence-corrected chi connectivity index (χ1v) is 13.2. The normalized spacial score (nSPS) is 18.9. The van der Waals surface area contributed by atoms with Crippen LogP contribution < -0.4 is 5.32 Å². The molecule has 1 aliphatic rings. The molecule has 2 atom stereocenters. The highest BCUT2D eigenvalue weighted by Gasteiger charge is 2.23. The lowest BCUT2D eigenvalue weighted by Crippen LogP contribution is -2.44. The largest absolute Gasteiger partial charge is 0.373 e. The number of thiazole rings is 1. The van der Waals surface area contributed by atoms with Crippen LogP contribution in [0.1, 0.15) is 35.6 Å². The Morgan fingerprint density at radius 2 is 1.91 bits per heavy atom. The molecule has 1 aliphatic heterocycles. The van der Waals surface area contributed by atoms with Gasteiger partial charge in [-0.3, -0.25) is 15.0 Å². The SMILES string of the molecule is CC1CN(Cc2csc(NC(=O)c3ccc(SCc4cn5ccccc5n4)cc3)n2)CC(C)O1. The van der Waals surface area contributed by atoms with Gasteiger partial charge in [0.2, 0.25) is 0 Å². The molecule has 3 aromatic heterocycles. The number of rotatable bonds is 7. The van der Waals surface area contributed by atoms with Crippen molar-refractivity contribution < 1.29 is 9.53 Å². The number of hydrogen-bond acceptors (Lipinski definition) is 7. The van der Waals surface area contributed by atoms with Gasteiger partial charge in [-0.2, -0.15) is 0 Å². The number of pyridine rings is 1. The van der Waals surface area contributed by atoms with E-state index in [1.807, 2.05) is 64.6 Å². The minimum atomic E-state index is -0.147. The number of benzene rings is 1. The van der Waals surface area contributed by atoms with Crippen LogP contribution in [0.25, 0.3) is 5.65 Å². The Labute approximate surface area is 207 Å². The highest BCUT2D eigenvalue weighted by atomic mass is 32.2. The zero-order chi connectivity index (χ0) is 23.5. The minimum absolute atomic E-state index is 0.147. The molecule has 1 fully saturated rings. The van der Waals surface area contributed by atoms with Crippen molar-refractivity contribution in [1.29, 1.82) is 0 Å². The summed E-state index contributed by atoms with van der Waals surface area (Å²) < 4.78 is 7.82. The van der Waals surface area contributed by atoms with Crippen LogP contribution in [0.2, 0.25) is 0 Å². The average molecular weight is 494 g/mol. The van der Waals surface area contributed by atoms with Crippen LogP contribution in [0, 0.1) is 0 Å². The van der Waals surface area contributed by atoms with Crippen molar-refractivity contribution in [2.75, 3.05) is 18.4 Å². The number of anilines is 1. The lowest BCUT2D eigenvalue weighted by atomic mass is 10.2. The average Bonchev–Trinajstić information content (AvgIpc) is 3.43. The lowest BCUT2D eigenvalue weighted by Gasteiger charge is -2.34. The standard InChI is InChI=1S/C25H27N5O2S2/c1-17-11-29(12-18(2)32-17)13-20-16-34-25(27-20)28-24(31)19-6-8-22(9-7-19)33-15-21-14-30-10-4-3-5-23(30)26-21/h3-10,14,16-18H,11-13,15H2,1-2H3,(H,27,28,31). The number of morpholine rings is 1. The van der Waals surface area contributed by atoms with E-state index in [4.69, 9.17) is 4.74 Å². The number of imidazole rings is 1. The van der Waals surface area contributed by atoms with E-state index in [0.717, 1.165) is 47.3 Å². The van der Waals surface area contributed by atoms with Gasteiger partial charge in [0.15, 0.2) is 5.13 Å². The fourth-order valence-corrected chi connectivity index (χ4v) is 5.64. The highest BCUT2D eigenvalue weighted by molar-refractivity contribution is 7.98. The third-order valence-electron chi connectivity index (χ3n) is 5.57. The molecular formula is C25H27N5O2S2. The summed E-state index contributed by atoms with van der Waals surface area (Å²) in [6.45, 7) is 6.75. The smallest absolute Gasteiger partial charge is 0.257 e. The van der Waals surface area contributed by atoms with Crippen molar-refractivity contribution >= 4 is 39.8 Å². The molecule has 1 amide bonds. The summed E-state index contributed by atoms with van der Waals surface area (Å²) in [7, 11) is 0. The number of fused-ring (bicyclic) bond motifs is 1. The molecule has 1 saturated heterocycles. The van der Waals surface area contributed by atoms with Crippen LogP contribution in [0.3, 0.4) is 0 Å². The van der Waals surface area contributed by atoms with Gasteiger partial charge in [0, 0.05) is 53.6 Å². The predicted octanol–water partition coefficient (Wildman–Crippen LogP) is 4.94. The Bertz CT molecular complexity index is 1230. The molecule has 0 bridgehead atoms. The van der Waals surface area contributed by atoms with E-state index < -0.39 is 0 Å². The van der Waals surface area contributed by atoms with Crippen molar-refractivity contribution in [3.8, 4) is 0 Å². The maximum atomic E-state index is 12.7. The van der Waals surface area contributed by atoms with E-state index in [-0.39, 0.29) is 18.1 Å². The third-order valence-corrected chi connectivity index (χ3v) is 7.42. The fourth-order valence-electron chi connectivity index (χ4n) is 4.17. The molecule has 2 unspecified atom stereocenters. The first kappa shape index (κ1) is 23.0. The number of hydrogen-bond donors (Lipinski definition) is 1. The summed E-state index contributed by atoms with van der Waals surface area (Å²) in [5.41, 5.74) is 3.56. The molecule has 5 rings (SSSR count). The number of nitrogens with zero attached hydrogens (tertiary/aromatic N) is 4. The molecule has 4 aromatic rings. The Morgan fingerprint density at radius 3 is 2.68 bits per heavy atom. The van der Waals surface area contributed by atoms with Gasteiger partial charge < -0.3 is 9.14 Å². The molecule has 4 heterocycles. The molecular weight excluding hydrogens is 466 g/mol. The monoisotopic (exact) mass is 493 g/mol. The van der Waals surface area contributed by atoms with Crippen LogP contribution in [0.4, 0.5) is 5.13 Å². The van der Waals surface area contributed by atoms with Crippen molar-refractivity contribution in [2.45, 2.75) is 43.2 Å². The minimum Gasteiger partial charge on any atom is -0.373 e. The van der Waals surface area contributed by atoms with E-state index in [1.165, 1.54) is 11.3 Å². The second-order valence-electron chi connectivity index (χ2n) is 8.56. The van der Waals surface area contributed by atoms with Crippen molar-refractivity contribution in [3.05, 3.63) is 77.2 Å². The molecule has 0 saturated carbocycles. The molecule has 9 heteroatoms. The van der Waals surface area contributed by atoms with E-state index in [2.05, 4.69) is 34.0 Å². The van der Waals surface area contributed by atoms with Crippen LogP contribution in [-0.2, 0) is 17.0 Å². The van der Waals surface area contributed by atoms with Gasteiger partial charge in [-0.05, 0) is 50.2 Å². The number of nitrogens with one attached hydrogen (secondary N) is 1. The van der Waals surface area contributed by atoms with Crippen LogP contribution in [0.5, 0.6) is 0 Å². The third kappa shape index (κ3) is 5.67. The number of carbonyl (C=O) groups excluding carboxylic acids is 1. The van der Waals surface area contributed by atoms with Crippen molar-refractivity contribution in [3.63, 3.8) is 0 Å². The highest BCUT2D eigenvalue weighted by Crippen LogP contribution is 2.24. The summed E-state index contributed by atoms with van der Waals surface area (Å²) >= 11 is 3.16. The van der Waals surface area contributed by atoms with E-state index in [1.54, 1.807) is 11.8 Å². The summed E-state index contributed by atoms with van der Waals surface area (Å²) in [6.07, 6.45) is 4.50. The number of ether oxygens (including phenoxy) is 1. The lowest BCUT2D eigenvalue weighted by molar-refractivity contribution is -0.0707. The summed E-state index contributed by atoms with van der Waals surface area (Å²) in [4.78, 5) is 25.4. The Balaban J connectivity index is 1.14. The molecule has 7 nitrogen and oxygen atoms in total. The topological polar surface area (TPSA) is 71.8 Å². The van der Waals surface area contributed by atoms with Gasteiger partial charge >= 0.3 is 0 Å². The fraction of sp³-hybridized carbons (Fsp3) is 0.320. The van der Waals surface area contributed by atoms with E-state index in [0.29, 0.717) is 10.7 Å². The maximum Gasteiger partial charge on any atom is 0.257 e. The molecule has 1 aromatic carbocycles. The first-order valence-electron chi connectivity index (χ1n) is 11.3. The molecule has 0 aliphatic carbocycles. The Morgan fingerprint density at radius 1 is 1.12 bits per heavy atom. The van der Waals surface area contributed by atoms with Gasteiger partial charge in [0.1, 0.15) is 5.65 Å². The van der Waals surface area contributed by atoms with Gasteiger partial charge in [0.25, 0.3) is 5.91 Å². The van der Waals surface area contributed by atoms with Crippen molar-refractivity contribution in [2.24, 2.45) is 0 Å². The Hall–Kier alpha value is -2.72. The summed E-state index contributed by atoms with van der Waals surface area (Å²) in [5.74, 6) is 0.627. The zero-order valence-corrected chi connectivity index (χ0v) is 20.8. The van der Waals surface area contributed by atoms with E-state index >= 15 is 0 Å². The number of carbonyl (C=O) groups is 1. The predicted molar refractivity (Wildman–Crippen MR) is 137 cm³/mol. The molecule has 34 heavy (non-hydrogen) atoms. The summed E-state index contributed by atoms with van der Waals surface area (Å²) in [6, 6.07) is 13.6. The van der Waals surface area contributed by atoms with Gasteiger partial charge in [0.05, 0.1) is 23.6 Å². The zero-order valence-electron chi connectivity index (χ0n) is 19.2. The number of amides is 1. The summed E-state index contributed by atoms with van der Waals surface area (Å²) in [5, 5.41) is 5.57. The maximum absolute atomic E-state index is 12.7. The molecule has 176 valence electrons. The van der Waals surface area contributed by atoms with Gasteiger partial charge in [-0.15, -0.1) is 23.1 Å². The van der Waals surface area contributed by atoms with Crippen LogP contribution in [-0.4, -0.2) is 50.5 Å². The van der Waals surface area contributed by atoms with Crippen LogP contribution >= 0.6 is 23.1 Å². The number of aromatic nitrogens is 3. The molecule has 1 N–H and O–H groups in total. The molecule has 0 spiro atoms. The van der Waals surface area contributed by atoms with Crippen LogP contribution in [0.15, 0.2) is 65.1 Å². The quantitative estimate of drug-likeness (QED) is 0.368. The second kappa shape index (κ2) is 10.3. The van der Waals surface area contributed by atoms with Gasteiger partial charge in [-0.25, -0.2) is 9.97 Å². The number of thioether (sulfide) groups is 1. The molecule has 0 radical (unpaired) electrons. The second-order valence-corrected chi connectivity index (χ2v) is 10.5. The first-order chi connectivity index (χ1) is 16.5.